The van der Waals surface area contributed by atoms with Gasteiger partial charge < -0.3 is 10.6 Å². The molecule has 0 spiro atoms. The number of nitrogens with two attached hydrogens (primary N) is 1. The molecule has 1 fully saturated rings. The van der Waals surface area contributed by atoms with Crippen LogP contribution in [0.1, 0.15) is 43.5 Å². The number of rotatable bonds is 6. The van der Waals surface area contributed by atoms with Crippen LogP contribution < -0.4 is 5.73 Å². The van der Waals surface area contributed by atoms with Gasteiger partial charge in [-0.1, -0.05) is 13.8 Å². The summed E-state index contributed by atoms with van der Waals surface area (Å²) in [4.78, 5) is 25.0. The molecule has 0 aliphatic heterocycles. The van der Waals surface area contributed by atoms with Crippen molar-refractivity contribution in [3.63, 3.8) is 0 Å². The van der Waals surface area contributed by atoms with E-state index in [4.69, 9.17) is 5.73 Å². The van der Waals surface area contributed by atoms with Crippen molar-refractivity contribution in [3.8, 4) is 0 Å². The predicted molar refractivity (Wildman–Crippen MR) is 81.0 cm³/mol. The zero-order valence-corrected chi connectivity index (χ0v) is 12.4. The summed E-state index contributed by atoms with van der Waals surface area (Å²) in [5.74, 6) is 0.201. The van der Waals surface area contributed by atoms with E-state index < -0.39 is 4.92 Å². The van der Waals surface area contributed by atoms with Crippen molar-refractivity contribution < 1.29 is 9.72 Å². The second-order valence-corrected chi connectivity index (χ2v) is 5.95. The fourth-order valence-corrected chi connectivity index (χ4v) is 2.27. The molecule has 0 aromatic heterocycles. The second-order valence-electron chi connectivity index (χ2n) is 5.95. The van der Waals surface area contributed by atoms with E-state index in [0.29, 0.717) is 18.2 Å². The molecule has 6 nitrogen and oxygen atoms in total. The van der Waals surface area contributed by atoms with Gasteiger partial charge in [-0.05, 0) is 37.3 Å². The lowest BCUT2D eigenvalue weighted by molar-refractivity contribution is -0.385. The van der Waals surface area contributed by atoms with Crippen molar-refractivity contribution >= 4 is 17.3 Å². The fourth-order valence-electron chi connectivity index (χ4n) is 2.27. The molecule has 114 valence electrons. The van der Waals surface area contributed by atoms with Crippen LogP contribution in [-0.4, -0.2) is 28.3 Å². The standard InChI is InChI=1S/C15H21N3O3/c1-10(2)7-8-17(12-4-5-12)15(19)13-9-11(16)3-6-14(13)18(20)21/h3,6,9-10,12H,4-5,7-8,16H2,1-2H3. The molecule has 1 amide bonds. The lowest BCUT2D eigenvalue weighted by Gasteiger charge is -2.23. The first-order chi connectivity index (χ1) is 9.90. The fraction of sp³-hybridized carbons (Fsp3) is 0.533. The molecule has 0 saturated heterocycles. The first kappa shape index (κ1) is 15.3. The first-order valence-electron chi connectivity index (χ1n) is 7.25. The summed E-state index contributed by atoms with van der Waals surface area (Å²) in [6.45, 7) is 4.82. The van der Waals surface area contributed by atoms with Gasteiger partial charge in [0.1, 0.15) is 5.56 Å². The molecule has 0 atom stereocenters. The smallest absolute Gasteiger partial charge is 0.282 e. The first-order valence-corrected chi connectivity index (χ1v) is 7.25. The van der Waals surface area contributed by atoms with Crippen LogP contribution >= 0.6 is 0 Å². The van der Waals surface area contributed by atoms with Crippen molar-refractivity contribution in [3.05, 3.63) is 33.9 Å². The van der Waals surface area contributed by atoms with Gasteiger partial charge >= 0.3 is 0 Å². The molecule has 0 unspecified atom stereocenters. The molecule has 1 aliphatic carbocycles. The molecular formula is C15H21N3O3. The second kappa shape index (κ2) is 6.11. The van der Waals surface area contributed by atoms with Gasteiger partial charge in [0.15, 0.2) is 0 Å². The maximum absolute atomic E-state index is 12.7. The summed E-state index contributed by atoms with van der Waals surface area (Å²) >= 11 is 0. The summed E-state index contributed by atoms with van der Waals surface area (Å²) in [5, 5.41) is 11.1. The quantitative estimate of drug-likeness (QED) is 0.496. The Kier molecular flexibility index (Phi) is 4.45. The highest BCUT2D eigenvalue weighted by atomic mass is 16.6. The Morgan fingerprint density at radius 3 is 2.67 bits per heavy atom. The highest BCUT2D eigenvalue weighted by molar-refractivity contribution is 5.99. The Hall–Kier alpha value is -2.11. The van der Waals surface area contributed by atoms with Crippen LogP contribution in [-0.2, 0) is 0 Å². The van der Waals surface area contributed by atoms with Gasteiger partial charge in [-0.2, -0.15) is 0 Å². The number of amides is 1. The number of hydrogen-bond donors (Lipinski definition) is 1. The van der Waals surface area contributed by atoms with E-state index in [9.17, 15) is 14.9 Å². The van der Waals surface area contributed by atoms with Crippen molar-refractivity contribution in [1.82, 2.24) is 4.90 Å². The Morgan fingerprint density at radius 2 is 2.14 bits per heavy atom. The van der Waals surface area contributed by atoms with Crippen LogP contribution in [0.4, 0.5) is 11.4 Å². The minimum absolute atomic E-state index is 0.0932. The highest BCUT2D eigenvalue weighted by Crippen LogP contribution is 2.31. The van der Waals surface area contributed by atoms with Gasteiger partial charge in [0.05, 0.1) is 4.92 Å². The predicted octanol–water partition coefficient (Wildman–Crippen LogP) is 2.83. The van der Waals surface area contributed by atoms with Crippen LogP contribution in [0.5, 0.6) is 0 Å². The average Bonchev–Trinajstić information content (AvgIpc) is 3.22. The van der Waals surface area contributed by atoms with Crippen molar-refractivity contribution in [2.75, 3.05) is 12.3 Å². The number of benzene rings is 1. The molecule has 1 saturated carbocycles. The zero-order chi connectivity index (χ0) is 15.6. The van der Waals surface area contributed by atoms with Crippen molar-refractivity contribution in [2.45, 2.75) is 39.2 Å². The summed E-state index contributed by atoms with van der Waals surface area (Å²) in [5.41, 5.74) is 5.97. The Labute approximate surface area is 124 Å². The number of nitrogens with zero attached hydrogens (tertiary/aromatic N) is 2. The molecule has 0 heterocycles. The summed E-state index contributed by atoms with van der Waals surface area (Å²) < 4.78 is 0. The summed E-state index contributed by atoms with van der Waals surface area (Å²) in [7, 11) is 0. The average molecular weight is 291 g/mol. The minimum Gasteiger partial charge on any atom is -0.399 e. The van der Waals surface area contributed by atoms with E-state index in [0.717, 1.165) is 19.3 Å². The summed E-state index contributed by atoms with van der Waals surface area (Å²) in [6.07, 6.45) is 2.83. The lowest BCUT2D eigenvalue weighted by Crippen LogP contribution is -2.35. The topological polar surface area (TPSA) is 89.5 Å². The molecule has 1 aliphatic rings. The molecule has 1 aromatic carbocycles. The lowest BCUT2D eigenvalue weighted by atomic mass is 10.1. The molecule has 1 aromatic rings. The molecule has 2 rings (SSSR count). The Morgan fingerprint density at radius 1 is 1.48 bits per heavy atom. The van der Waals surface area contributed by atoms with Crippen molar-refractivity contribution in [2.24, 2.45) is 5.92 Å². The largest absolute Gasteiger partial charge is 0.399 e. The monoisotopic (exact) mass is 291 g/mol. The summed E-state index contributed by atoms with van der Waals surface area (Å²) in [6, 6.07) is 4.38. The third kappa shape index (κ3) is 3.71. The molecule has 6 heteroatoms. The van der Waals surface area contributed by atoms with E-state index in [1.54, 1.807) is 4.90 Å². The van der Waals surface area contributed by atoms with Gasteiger partial charge in [0, 0.05) is 24.3 Å². The van der Waals surface area contributed by atoms with Crippen LogP contribution in [0.2, 0.25) is 0 Å². The number of nitrogen functional groups attached to an aromatic ring is 1. The van der Waals surface area contributed by atoms with E-state index in [1.165, 1.54) is 18.2 Å². The Bertz CT molecular complexity index is 553. The number of carbonyl (C=O) groups is 1. The van der Waals surface area contributed by atoms with E-state index in [-0.39, 0.29) is 23.2 Å². The normalized spacial score (nSPS) is 14.2. The number of anilines is 1. The molecule has 21 heavy (non-hydrogen) atoms. The molecule has 0 bridgehead atoms. The molecular weight excluding hydrogens is 270 g/mol. The number of nitro benzene ring substituents is 1. The minimum atomic E-state index is -0.528. The zero-order valence-electron chi connectivity index (χ0n) is 12.4. The third-order valence-electron chi connectivity index (χ3n) is 3.64. The van der Waals surface area contributed by atoms with Gasteiger partial charge in [-0.25, -0.2) is 0 Å². The molecule has 0 radical (unpaired) electrons. The van der Waals surface area contributed by atoms with Crippen LogP contribution in [0, 0.1) is 16.0 Å². The maximum Gasteiger partial charge on any atom is 0.282 e. The van der Waals surface area contributed by atoms with E-state index in [2.05, 4.69) is 13.8 Å². The third-order valence-corrected chi connectivity index (χ3v) is 3.64. The van der Waals surface area contributed by atoms with Crippen LogP contribution in [0.25, 0.3) is 0 Å². The van der Waals surface area contributed by atoms with Gasteiger partial charge in [0.25, 0.3) is 11.6 Å². The SMILES string of the molecule is CC(C)CCN(C(=O)c1cc(N)ccc1[N+](=O)[O-])C1CC1. The molecule has 2 N–H and O–H groups in total. The van der Waals surface area contributed by atoms with Crippen LogP contribution in [0.3, 0.4) is 0 Å². The maximum atomic E-state index is 12.7. The van der Waals surface area contributed by atoms with E-state index in [1.807, 2.05) is 0 Å². The number of carbonyl (C=O) groups excluding carboxylic acids is 1. The number of nitro groups is 1. The van der Waals surface area contributed by atoms with E-state index >= 15 is 0 Å². The van der Waals surface area contributed by atoms with Gasteiger partial charge in [-0.3, -0.25) is 14.9 Å². The highest BCUT2D eigenvalue weighted by Gasteiger charge is 2.35. The van der Waals surface area contributed by atoms with Gasteiger partial charge in [-0.15, -0.1) is 0 Å². The Balaban J connectivity index is 2.27. The van der Waals surface area contributed by atoms with Crippen molar-refractivity contribution in [1.29, 1.82) is 0 Å². The van der Waals surface area contributed by atoms with Crippen LogP contribution in [0.15, 0.2) is 18.2 Å². The number of hydrogen-bond acceptors (Lipinski definition) is 4. The van der Waals surface area contributed by atoms with Gasteiger partial charge in [0.2, 0.25) is 0 Å².